The van der Waals surface area contributed by atoms with Gasteiger partial charge in [-0.1, -0.05) is 11.3 Å². The summed E-state index contributed by atoms with van der Waals surface area (Å²) in [5.74, 6) is 0.673. The van der Waals surface area contributed by atoms with E-state index in [-0.39, 0.29) is 16.8 Å². The fourth-order valence-electron chi connectivity index (χ4n) is 2.89. The highest BCUT2D eigenvalue weighted by Gasteiger charge is 2.24. The number of piperidine rings is 1. The van der Waals surface area contributed by atoms with Gasteiger partial charge >= 0.3 is 4.87 Å². The Hall–Kier alpha value is -1.14. The number of nitrogens with two attached hydrogens (primary N) is 1. The number of carbonyl (C=O) groups excluding carboxylic acids is 1. The molecule has 1 aliphatic rings. The Bertz CT molecular complexity index is 554. The molecular weight excluding hydrogens is 286 g/mol. The van der Waals surface area contributed by atoms with E-state index >= 15 is 0 Å². The summed E-state index contributed by atoms with van der Waals surface area (Å²) in [6, 6.07) is 0.206. The molecule has 1 atom stereocenters. The molecule has 0 saturated carbocycles. The maximum Gasteiger partial charge on any atom is 0.307 e. The normalized spacial score (nSPS) is 18.0. The summed E-state index contributed by atoms with van der Waals surface area (Å²) in [7, 11) is 0. The van der Waals surface area contributed by atoms with E-state index < -0.39 is 0 Å². The summed E-state index contributed by atoms with van der Waals surface area (Å²) in [6.45, 7) is 7.99. The molecule has 1 unspecified atom stereocenters. The summed E-state index contributed by atoms with van der Waals surface area (Å²) >= 11 is 1.26. The van der Waals surface area contributed by atoms with E-state index in [1.165, 1.54) is 11.3 Å². The van der Waals surface area contributed by atoms with Gasteiger partial charge in [-0.25, -0.2) is 0 Å². The predicted octanol–water partition coefficient (Wildman–Crippen LogP) is 1.50. The molecule has 0 spiro atoms. The van der Waals surface area contributed by atoms with E-state index in [2.05, 4.69) is 0 Å². The molecule has 1 amide bonds. The van der Waals surface area contributed by atoms with Crippen molar-refractivity contribution in [1.82, 2.24) is 9.47 Å². The van der Waals surface area contributed by atoms with Crippen molar-refractivity contribution < 1.29 is 4.79 Å². The van der Waals surface area contributed by atoms with Crippen LogP contribution in [0.15, 0.2) is 4.79 Å². The highest BCUT2D eigenvalue weighted by Crippen LogP contribution is 2.20. The lowest BCUT2D eigenvalue weighted by molar-refractivity contribution is -0.132. The number of aromatic nitrogens is 1. The Morgan fingerprint density at radius 2 is 2.00 bits per heavy atom. The van der Waals surface area contributed by atoms with Gasteiger partial charge in [0, 0.05) is 42.7 Å². The molecule has 0 aliphatic carbocycles. The Morgan fingerprint density at radius 3 is 2.48 bits per heavy atom. The first-order valence-electron chi connectivity index (χ1n) is 7.60. The van der Waals surface area contributed by atoms with Crippen molar-refractivity contribution in [2.24, 2.45) is 11.7 Å². The van der Waals surface area contributed by atoms with Gasteiger partial charge < -0.3 is 15.2 Å². The van der Waals surface area contributed by atoms with Crippen molar-refractivity contribution in [3.05, 3.63) is 20.2 Å². The van der Waals surface area contributed by atoms with E-state index in [1.54, 1.807) is 4.57 Å². The third-order valence-corrected chi connectivity index (χ3v) is 5.56. The molecule has 0 bridgehead atoms. The van der Waals surface area contributed by atoms with Gasteiger partial charge in [-0.2, -0.15) is 0 Å². The number of carbonyl (C=O) groups is 1. The van der Waals surface area contributed by atoms with Crippen molar-refractivity contribution in [3.63, 3.8) is 0 Å². The van der Waals surface area contributed by atoms with Crippen LogP contribution in [0.4, 0.5) is 0 Å². The van der Waals surface area contributed by atoms with E-state index in [9.17, 15) is 9.59 Å². The second-order valence-corrected chi connectivity index (χ2v) is 7.15. The van der Waals surface area contributed by atoms with Crippen LogP contribution in [0.2, 0.25) is 0 Å². The maximum absolute atomic E-state index is 12.3. The van der Waals surface area contributed by atoms with Crippen LogP contribution in [0.25, 0.3) is 0 Å². The van der Waals surface area contributed by atoms with Crippen LogP contribution >= 0.6 is 11.3 Å². The summed E-state index contributed by atoms with van der Waals surface area (Å²) in [6.07, 6.45) is 2.37. The molecule has 1 aromatic heterocycles. The van der Waals surface area contributed by atoms with Crippen molar-refractivity contribution in [1.29, 1.82) is 0 Å². The molecule has 1 fully saturated rings. The summed E-state index contributed by atoms with van der Waals surface area (Å²) in [5.41, 5.74) is 6.90. The van der Waals surface area contributed by atoms with E-state index in [1.807, 2.05) is 25.7 Å². The summed E-state index contributed by atoms with van der Waals surface area (Å²) < 4.78 is 1.71. The number of rotatable bonds is 4. The lowest BCUT2D eigenvalue weighted by atomic mass is 9.91. The molecule has 0 radical (unpaired) electrons. The Labute approximate surface area is 129 Å². The van der Waals surface area contributed by atoms with Crippen LogP contribution < -0.4 is 10.6 Å². The molecule has 0 aromatic carbocycles. The molecule has 2 rings (SSSR count). The quantitative estimate of drug-likeness (QED) is 0.916. The fraction of sp³-hybridized carbons (Fsp3) is 0.733. The number of thiazole rings is 1. The number of hydrogen-bond donors (Lipinski definition) is 1. The number of hydrogen-bond acceptors (Lipinski definition) is 4. The predicted molar refractivity (Wildman–Crippen MR) is 85.6 cm³/mol. The van der Waals surface area contributed by atoms with Crippen LogP contribution in [0.5, 0.6) is 0 Å². The van der Waals surface area contributed by atoms with Gasteiger partial charge in [0.2, 0.25) is 5.91 Å². The minimum atomic E-state index is 0.0356. The average Bonchev–Trinajstić information content (AvgIpc) is 2.70. The standard InChI is InChI=1S/C15H25N3O2S/c1-10(16)13-4-7-17(8-5-13)14(19)6-9-18-11(2)12(3)21-15(18)20/h10,13H,4-9,16H2,1-3H3. The topological polar surface area (TPSA) is 68.3 Å². The van der Waals surface area contributed by atoms with Crippen LogP contribution in [0.1, 0.15) is 36.8 Å². The molecule has 2 heterocycles. The van der Waals surface area contributed by atoms with Gasteiger partial charge in [0.1, 0.15) is 0 Å². The first-order valence-corrected chi connectivity index (χ1v) is 8.42. The summed E-state index contributed by atoms with van der Waals surface area (Å²) in [4.78, 5) is 27.1. The maximum atomic E-state index is 12.3. The lowest BCUT2D eigenvalue weighted by Crippen LogP contribution is -2.42. The van der Waals surface area contributed by atoms with Gasteiger partial charge in [0.15, 0.2) is 0 Å². The van der Waals surface area contributed by atoms with Gasteiger partial charge in [0.25, 0.3) is 0 Å². The van der Waals surface area contributed by atoms with Crippen LogP contribution in [-0.4, -0.2) is 34.5 Å². The van der Waals surface area contributed by atoms with E-state index in [4.69, 9.17) is 5.73 Å². The van der Waals surface area contributed by atoms with Gasteiger partial charge in [-0.15, -0.1) is 0 Å². The monoisotopic (exact) mass is 311 g/mol. The second kappa shape index (κ2) is 6.75. The molecule has 5 nitrogen and oxygen atoms in total. The molecule has 1 saturated heterocycles. The smallest absolute Gasteiger partial charge is 0.307 e. The van der Waals surface area contributed by atoms with Crippen molar-refractivity contribution in [2.75, 3.05) is 13.1 Å². The number of aryl methyl sites for hydroxylation is 1. The van der Waals surface area contributed by atoms with Crippen LogP contribution in [-0.2, 0) is 11.3 Å². The fourth-order valence-corrected chi connectivity index (χ4v) is 3.74. The molecule has 6 heteroatoms. The third kappa shape index (κ3) is 3.74. The number of likely N-dealkylation sites (tertiary alicyclic amines) is 1. The van der Waals surface area contributed by atoms with Crippen molar-refractivity contribution in [3.8, 4) is 0 Å². The zero-order valence-corrected chi connectivity index (χ0v) is 13.9. The van der Waals surface area contributed by atoms with Gasteiger partial charge in [-0.05, 0) is 39.5 Å². The lowest BCUT2D eigenvalue weighted by Gasteiger charge is -2.33. The largest absolute Gasteiger partial charge is 0.343 e. The molecule has 118 valence electrons. The van der Waals surface area contributed by atoms with Crippen molar-refractivity contribution in [2.45, 2.75) is 52.6 Å². The molecule has 2 N–H and O–H groups in total. The third-order valence-electron chi connectivity index (χ3n) is 4.56. The SMILES string of the molecule is Cc1sc(=O)n(CCC(=O)N2CCC(C(C)N)CC2)c1C. The number of amides is 1. The number of nitrogens with zero attached hydrogens (tertiary/aromatic N) is 2. The van der Waals surface area contributed by atoms with Crippen LogP contribution in [0, 0.1) is 19.8 Å². The molecule has 1 aromatic rings. The minimum absolute atomic E-state index is 0.0356. The van der Waals surface area contributed by atoms with E-state index in [0.29, 0.717) is 18.9 Å². The highest BCUT2D eigenvalue weighted by molar-refractivity contribution is 7.09. The van der Waals surface area contributed by atoms with Crippen LogP contribution in [0.3, 0.4) is 0 Å². The molecule has 1 aliphatic heterocycles. The zero-order valence-electron chi connectivity index (χ0n) is 13.1. The Balaban J connectivity index is 1.87. The second-order valence-electron chi connectivity index (χ2n) is 5.99. The Kier molecular flexibility index (Phi) is 5.22. The highest BCUT2D eigenvalue weighted by atomic mass is 32.1. The molecular formula is C15H25N3O2S. The first kappa shape index (κ1) is 16.2. The zero-order chi connectivity index (χ0) is 15.6. The Morgan fingerprint density at radius 1 is 1.38 bits per heavy atom. The summed E-state index contributed by atoms with van der Waals surface area (Å²) in [5, 5.41) is 0. The average molecular weight is 311 g/mol. The first-order chi connectivity index (χ1) is 9.90. The van der Waals surface area contributed by atoms with Gasteiger partial charge in [0.05, 0.1) is 0 Å². The van der Waals surface area contributed by atoms with E-state index in [0.717, 1.165) is 36.5 Å². The van der Waals surface area contributed by atoms with Crippen molar-refractivity contribution >= 4 is 17.2 Å². The minimum Gasteiger partial charge on any atom is -0.343 e. The molecule has 21 heavy (non-hydrogen) atoms. The van der Waals surface area contributed by atoms with Gasteiger partial charge in [-0.3, -0.25) is 9.59 Å².